The van der Waals surface area contributed by atoms with E-state index in [1.165, 1.54) is 4.68 Å². The lowest BCUT2D eigenvalue weighted by Crippen LogP contribution is -2.45. The Kier molecular flexibility index (Phi) is 8.34. The molecule has 3 rings (SSSR count). The van der Waals surface area contributed by atoms with Crippen molar-refractivity contribution in [1.82, 2.24) is 15.1 Å². The zero-order valence-corrected chi connectivity index (χ0v) is 20.1. The molecule has 182 valence electrons. The minimum absolute atomic E-state index is 0.0129. The van der Waals surface area contributed by atoms with Crippen LogP contribution in [0.4, 0.5) is 8.78 Å². The summed E-state index contributed by atoms with van der Waals surface area (Å²) in [6.07, 6.45) is 5.69. The number of aryl methyl sites for hydroxylation is 2. The summed E-state index contributed by atoms with van der Waals surface area (Å²) in [6, 6.07) is 5.09. The van der Waals surface area contributed by atoms with Crippen LogP contribution in [0.1, 0.15) is 68.4 Å². The topological polar surface area (TPSA) is 76.4 Å². The van der Waals surface area contributed by atoms with Crippen LogP contribution in [0.2, 0.25) is 5.02 Å². The SMILES string of the molecule is CCCCc1ccc(-c2c(Cl)c(C(=O)NCC3(O)CCC(C)CC3)nn2C)c(OC(F)F)c1. The third-order valence-corrected chi connectivity index (χ3v) is 6.68. The number of hydrogen-bond donors (Lipinski definition) is 2. The average Bonchev–Trinajstić information content (AvgIpc) is 3.07. The van der Waals surface area contributed by atoms with Crippen LogP contribution in [-0.4, -0.2) is 39.6 Å². The predicted molar refractivity (Wildman–Crippen MR) is 124 cm³/mol. The lowest BCUT2D eigenvalue weighted by atomic mass is 9.79. The van der Waals surface area contributed by atoms with Crippen molar-refractivity contribution in [3.8, 4) is 17.0 Å². The van der Waals surface area contributed by atoms with Gasteiger partial charge in [-0.25, -0.2) is 0 Å². The molecule has 2 aromatic rings. The van der Waals surface area contributed by atoms with Gasteiger partial charge >= 0.3 is 6.61 Å². The molecule has 1 fully saturated rings. The number of nitrogens with zero attached hydrogens (tertiary/aromatic N) is 2. The fourth-order valence-electron chi connectivity index (χ4n) is 4.23. The second kappa shape index (κ2) is 10.8. The highest BCUT2D eigenvalue weighted by Gasteiger charge is 2.33. The first kappa shape index (κ1) is 25.4. The Labute approximate surface area is 198 Å². The summed E-state index contributed by atoms with van der Waals surface area (Å²) < 4.78 is 32.4. The van der Waals surface area contributed by atoms with Crippen LogP contribution >= 0.6 is 11.6 Å². The lowest BCUT2D eigenvalue weighted by molar-refractivity contribution is -0.0495. The number of hydrogen-bond acceptors (Lipinski definition) is 4. The number of carbonyl (C=O) groups excluding carboxylic acids is 1. The Bertz CT molecular complexity index is 972. The molecule has 0 saturated heterocycles. The van der Waals surface area contributed by atoms with E-state index >= 15 is 0 Å². The van der Waals surface area contributed by atoms with Gasteiger partial charge in [0.2, 0.25) is 0 Å². The van der Waals surface area contributed by atoms with E-state index < -0.39 is 18.1 Å². The third kappa shape index (κ3) is 6.23. The van der Waals surface area contributed by atoms with Crippen LogP contribution in [0.3, 0.4) is 0 Å². The van der Waals surface area contributed by atoms with E-state index in [9.17, 15) is 18.7 Å². The molecular formula is C24H32ClF2N3O3. The van der Waals surface area contributed by atoms with Gasteiger partial charge in [-0.15, -0.1) is 0 Å². The summed E-state index contributed by atoms with van der Waals surface area (Å²) in [5.41, 5.74) is 0.542. The number of nitrogens with one attached hydrogen (secondary N) is 1. The maximum absolute atomic E-state index is 13.1. The van der Waals surface area contributed by atoms with Crippen LogP contribution < -0.4 is 10.1 Å². The third-order valence-electron chi connectivity index (χ3n) is 6.32. The molecule has 0 unspecified atom stereocenters. The number of carbonyl (C=O) groups is 1. The molecular weight excluding hydrogens is 452 g/mol. The molecule has 1 aromatic heterocycles. The zero-order chi connectivity index (χ0) is 24.2. The van der Waals surface area contributed by atoms with Gasteiger partial charge in [-0.05, 0) is 62.1 Å². The molecule has 2 N–H and O–H groups in total. The number of aliphatic hydroxyl groups is 1. The predicted octanol–water partition coefficient (Wildman–Crippen LogP) is 5.36. The minimum atomic E-state index is -3.00. The minimum Gasteiger partial charge on any atom is -0.434 e. The molecule has 0 atom stereocenters. The molecule has 0 bridgehead atoms. The van der Waals surface area contributed by atoms with Gasteiger partial charge in [0.05, 0.1) is 16.3 Å². The first-order chi connectivity index (χ1) is 15.6. The van der Waals surface area contributed by atoms with Crippen molar-refractivity contribution in [1.29, 1.82) is 0 Å². The van der Waals surface area contributed by atoms with Crippen LogP contribution in [0.5, 0.6) is 5.75 Å². The lowest BCUT2D eigenvalue weighted by Gasteiger charge is -2.34. The molecule has 6 nitrogen and oxygen atoms in total. The molecule has 0 radical (unpaired) electrons. The smallest absolute Gasteiger partial charge is 0.387 e. The van der Waals surface area contributed by atoms with Gasteiger partial charge in [0.25, 0.3) is 5.91 Å². The summed E-state index contributed by atoms with van der Waals surface area (Å²) in [7, 11) is 1.59. The number of halogens is 3. The molecule has 1 aromatic carbocycles. The fraction of sp³-hybridized carbons (Fsp3) is 0.583. The average molecular weight is 484 g/mol. The molecule has 1 aliphatic rings. The molecule has 1 amide bonds. The molecule has 33 heavy (non-hydrogen) atoms. The Morgan fingerprint density at radius 1 is 1.39 bits per heavy atom. The fourth-order valence-corrected chi connectivity index (χ4v) is 4.58. The van der Waals surface area contributed by atoms with E-state index in [2.05, 4.69) is 24.3 Å². The zero-order valence-electron chi connectivity index (χ0n) is 19.3. The van der Waals surface area contributed by atoms with Gasteiger partial charge in [0.1, 0.15) is 5.75 Å². The van der Waals surface area contributed by atoms with Crippen LogP contribution in [0, 0.1) is 5.92 Å². The van der Waals surface area contributed by atoms with Gasteiger partial charge in [0, 0.05) is 19.2 Å². The maximum Gasteiger partial charge on any atom is 0.387 e. The summed E-state index contributed by atoms with van der Waals surface area (Å²) in [5.74, 6) is 0.0256. The molecule has 0 aliphatic heterocycles. The van der Waals surface area contributed by atoms with E-state index in [1.54, 1.807) is 19.2 Å². The summed E-state index contributed by atoms with van der Waals surface area (Å²) >= 11 is 6.52. The number of rotatable bonds is 9. The Morgan fingerprint density at radius 2 is 2.09 bits per heavy atom. The quantitative estimate of drug-likeness (QED) is 0.503. The Morgan fingerprint density at radius 3 is 2.73 bits per heavy atom. The Hall–Kier alpha value is -2.19. The second-order valence-electron chi connectivity index (χ2n) is 9.04. The highest BCUT2D eigenvalue weighted by atomic mass is 35.5. The summed E-state index contributed by atoms with van der Waals surface area (Å²) in [5, 5.41) is 17.7. The van der Waals surface area contributed by atoms with Crippen molar-refractivity contribution in [2.24, 2.45) is 13.0 Å². The normalized spacial score (nSPS) is 20.8. The molecule has 9 heteroatoms. The van der Waals surface area contributed by atoms with E-state index in [4.69, 9.17) is 16.3 Å². The van der Waals surface area contributed by atoms with Gasteiger partial charge in [-0.2, -0.15) is 13.9 Å². The standard InChI is InChI=1S/C24H32ClF2N3O3/c1-4-5-6-16-7-8-17(18(13-16)33-23(26)27)21-19(25)20(29-30(21)3)22(31)28-14-24(32)11-9-15(2)10-12-24/h7-8,13,15,23,32H,4-6,9-12,14H2,1-3H3,(H,28,31). The molecule has 1 aliphatic carbocycles. The monoisotopic (exact) mass is 483 g/mol. The van der Waals surface area contributed by atoms with Gasteiger partial charge < -0.3 is 15.2 Å². The number of amides is 1. The molecule has 1 heterocycles. The van der Waals surface area contributed by atoms with Crippen LogP contribution in [0.25, 0.3) is 11.3 Å². The van der Waals surface area contributed by atoms with Crippen molar-refractivity contribution >= 4 is 17.5 Å². The van der Waals surface area contributed by atoms with Crippen LogP contribution in [0.15, 0.2) is 18.2 Å². The largest absolute Gasteiger partial charge is 0.434 e. The number of ether oxygens (including phenoxy) is 1. The molecule has 1 saturated carbocycles. The summed E-state index contributed by atoms with van der Waals surface area (Å²) in [6.45, 7) is 1.31. The first-order valence-electron chi connectivity index (χ1n) is 11.4. The number of aromatic nitrogens is 2. The Balaban J connectivity index is 1.84. The van der Waals surface area contributed by atoms with Crippen LogP contribution in [-0.2, 0) is 13.5 Å². The highest BCUT2D eigenvalue weighted by molar-refractivity contribution is 6.36. The van der Waals surface area contributed by atoms with E-state index in [0.29, 0.717) is 30.0 Å². The number of benzene rings is 1. The maximum atomic E-state index is 13.1. The van der Waals surface area contributed by atoms with E-state index in [1.807, 2.05) is 6.07 Å². The van der Waals surface area contributed by atoms with Crippen molar-refractivity contribution in [3.63, 3.8) is 0 Å². The van der Waals surface area contributed by atoms with Gasteiger partial charge in [-0.3, -0.25) is 9.48 Å². The first-order valence-corrected chi connectivity index (χ1v) is 11.8. The number of alkyl halides is 2. The highest BCUT2D eigenvalue weighted by Crippen LogP contribution is 2.38. The van der Waals surface area contributed by atoms with Gasteiger partial charge in [0.15, 0.2) is 5.69 Å². The summed E-state index contributed by atoms with van der Waals surface area (Å²) in [4.78, 5) is 12.8. The second-order valence-corrected chi connectivity index (χ2v) is 9.41. The van der Waals surface area contributed by atoms with E-state index in [0.717, 1.165) is 37.7 Å². The van der Waals surface area contributed by atoms with Crippen molar-refractivity contribution < 1.29 is 23.4 Å². The molecule has 0 spiro atoms. The van der Waals surface area contributed by atoms with Crippen molar-refractivity contribution in [3.05, 3.63) is 34.5 Å². The van der Waals surface area contributed by atoms with E-state index in [-0.39, 0.29) is 23.0 Å². The number of unbranched alkanes of at least 4 members (excludes halogenated alkanes) is 1. The van der Waals surface area contributed by atoms with Crippen molar-refractivity contribution in [2.45, 2.75) is 71.0 Å². The van der Waals surface area contributed by atoms with Crippen molar-refractivity contribution in [2.75, 3.05) is 6.54 Å². The van der Waals surface area contributed by atoms with Gasteiger partial charge in [-0.1, -0.05) is 37.9 Å².